The number of sulfone groups is 1. The second-order valence-corrected chi connectivity index (χ2v) is 10.2. The van der Waals surface area contributed by atoms with Crippen molar-refractivity contribution in [2.24, 2.45) is 7.05 Å². The average Bonchev–Trinajstić information content (AvgIpc) is 3.50. The van der Waals surface area contributed by atoms with E-state index in [9.17, 15) is 28.1 Å². The number of nitriles is 1. The van der Waals surface area contributed by atoms with E-state index in [4.69, 9.17) is 0 Å². The van der Waals surface area contributed by atoms with Crippen LogP contribution in [0.4, 0.5) is 10.5 Å². The largest absolute Gasteiger partial charge is 0.335 e. The number of pyridine rings is 1. The van der Waals surface area contributed by atoms with Crippen molar-refractivity contribution >= 4 is 44.5 Å². The van der Waals surface area contributed by atoms with Gasteiger partial charge in [-0.25, -0.2) is 23.2 Å². The normalized spacial score (nSPS) is 18.1. The van der Waals surface area contributed by atoms with Gasteiger partial charge in [0.2, 0.25) is 5.91 Å². The van der Waals surface area contributed by atoms with E-state index in [0.29, 0.717) is 6.42 Å². The average molecular weight is 497 g/mol. The molecule has 4 amide bonds. The van der Waals surface area contributed by atoms with Crippen LogP contribution in [-0.2, 0) is 26.5 Å². The number of amides is 4. The summed E-state index contributed by atoms with van der Waals surface area (Å²) in [4.78, 5) is 51.7. The molecule has 180 valence electrons. The minimum absolute atomic E-state index is 0.0356. The molecule has 5 rings (SSSR count). The molecule has 1 atom stereocenters. The maximum Gasteiger partial charge on any atom is 0.328 e. The van der Waals surface area contributed by atoms with Crippen LogP contribution in [0.15, 0.2) is 17.3 Å². The number of carbonyl (C=O) groups excluding carboxylic acids is 3. The lowest BCUT2D eigenvalue weighted by Crippen LogP contribution is -2.57. The van der Waals surface area contributed by atoms with E-state index in [1.807, 2.05) is 6.07 Å². The topological polar surface area (TPSA) is 187 Å². The number of nitrogens with zero attached hydrogens (tertiary/aromatic N) is 7. The second kappa shape index (κ2) is 7.87. The Morgan fingerprint density at radius 3 is 2.77 bits per heavy atom. The van der Waals surface area contributed by atoms with E-state index in [1.165, 1.54) is 28.9 Å². The van der Waals surface area contributed by atoms with Gasteiger partial charge in [-0.2, -0.15) is 10.4 Å². The lowest BCUT2D eigenvalue weighted by Gasteiger charge is -2.35. The number of aromatic amines is 1. The Morgan fingerprint density at radius 1 is 1.29 bits per heavy atom. The molecule has 2 saturated heterocycles. The lowest BCUT2D eigenvalue weighted by atomic mass is 10.1. The number of nitrogens with one attached hydrogen (secondary N) is 2. The van der Waals surface area contributed by atoms with Gasteiger partial charge in [0.05, 0.1) is 17.4 Å². The standard InChI is InChI=1S/C20H19N9O5S/c1-27-19(35(2,33)34)11(9-22-27)16-25-15-12(7-10(8-21)23-17(15)26-16)24-20(32)29-6-5-28-13(18(29)31)3-4-14(28)30/h7,9,13H,3-6H2,1-2H3,(H2,23,24,25,26,32). The van der Waals surface area contributed by atoms with E-state index in [1.54, 1.807) is 0 Å². The van der Waals surface area contributed by atoms with Crippen LogP contribution >= 0.6 is 0 Å². The summed E-state index contributed by atoms with van der Waals surface area (Å²) >= 11 is 0. The van der Waals surface area contributed by atoms with E-state index in [-0.39, 0.29) is 64.4 Å². The molecule has 1 unspecified atom stereocenters. The van der Waals surface area contributed by atoms with Crippen LogP contribution in [0.25, 0.3) is 22.6 Å². The van der Waals surface area contributed by atoms with Gasteiger partial charge in [-0.05, 0) is 6.42 Å². The maximum absolute atomic E-state index is 13.0. The Kier molecular flexibility index (Phi) is 5.06. The van der Waals surface area contributed by atoms with Gasteiger partial charge in [0, 0.05) is 38.9 Å². The van der Waals surface area contributed by atoms with Crippen molar-refractivity contribution in [1.82, 2.24) is 34.5 Å². The Hall–Kier alpha value is -4.32. The first-order chi connectivity index (χ1) is 16.6. The van der Waals surface area contributed by atoms with Gasteiger partial charge < -0.3 is 15.2 Å². The number of urea groups is 1. The van der Waals surface area contributed by atoms with E-state index < -0.39 is 27.8 Å². The van der Waals surface area contributed by atoms with Crippen molar-refractivity contribution in [3.8, 4) is 17.5 Å². The van der Waals surface area contributed by atoms with Crippen LogP contribution in [0, 0.1) is 11.3 Å². The number of anilines is 1. The molecule has 3 aromatic heterocycles. The van der Waals surface area contributed by atoms with Crippen molar-refractivity contribution < 1.29 is 22.8 Å². The fourth-order valence-electron chi connectivity index (χ4n) is 4.45. The van der Waals surface area contributed by atoms with Crippen molar-refractivity contribution in [2.75, 3.05) is 24.7 Å². The third kappa shape index (κ3) is 3.67. The monoisotopic (exact) mass is 497 g/mol. The van der Waals surface area contributed by atoms with Crippen LogP contribution in [0.1, 0.15) is 18.5 Å². The van der Waals surface area contributed by atoms with Crippen LogP contribution in [0.2, 0.25) is 0 Å². The summed E-state index contributed by atoms with van der Waals surface area (Å²) < 4.78 is 25.7. The second-order valence-electron chi connectivity index (χ2n) is 8.27. The molecule has 3 aromatic rings. The number of imidazole rings is 1. The molecule has 2 aliphatic heterocycles. The van der Waals surface area contributed by atoms with Crippen molar-refractivity contribution in [2.45, 2.75) is 23.9 Å². The number of rotatable bonds is 3. The SMILES string of the molecule is Cn1ncc(-c2nc3nc(C#N)cc(NC(=O)N4CCN5C(=O)CCC5C4=O)c3[nH]2)c1S(C)(=O)=O. The number of H-pyrrole nitrogens is 1. The van der Waals surface area contributed by atoms with Crippen molar-refractivity contribution in [3.05, 3.63) is 18.0 Å². The van der Waals surface area contributed by atoms with Gasteiger partial charge in [-0.15, -0.1) is 0 Å². The quantitative estimate of drug-likeness (QED) is 0.502. The molecule has 0 spiro atoms. The predicted octanol–water partition coefficient (Wildman–Crippen LogP) is -0.00132. The number of imide groups is 1. The van der Waals surface area contributed by atoms with Gasteiger partial charge in [-0.3, -0.25) is 19.2 Å². The Bertz CT molecular complexity index is 1570. The molecule has 0 aliphatic carbocycles. The molecule has 15 heteroatoms. The molecule has 2 fully saturated rings. The molecular weight excluding hydrogens is 478 g/mol. The summed E-state index contributed by atoms with van der Waals surface area (Å²) in [6.45, 7) is 0.287. The molecule has 5 heterocycles. The smallest absolute Gasteiger partial charge is 0.328 e. The Morgan fingerprint density at radius 2 is 2.06 bits per heavy atom. The van der Waals surface area contributed by atoms with Crippen LogP contribution in [-0.4, -0.2) is 86.2 Å². The minimum atomic E-state index is -3.65. The number of piperazine rings is 1. The number of fused-ring (bicyclic) bond motifs is 2. The highest BCUT2D eigenvalue weighted by Crippen LogP contribution is 2.30. The summed E-state index contributed by atoms with van der Waals surface area (Å²) in [5.41, 5.74) is 0.588. The number of hydrogen-bond donors (Lipinski definition) is 2. The molecule has 14 nitrogen and oxygen atoms in total. The third-order valence-electron chi connectivity index (χ3n) is 6.00. The summed E-state index contributed by atoms with van der Waals surface area (Å²) in [5.74, 6) is -0.448. The highest BCUT2D eigenvalue weighted by Gasteiger charge is 2.43. The first-order valence-corrected chi connectivity index (χ1v) is 12.4. The maximum atomic E-state index is 13.0. The zero-order valence-corrected chi connectivity index (χ0v) is 19.5. The molecule has 2 N–H and O–H groups in total. The molecule has 0 aromatic carbocycles. The summed E-state index contributed by atoms with van der Waals surface area (Å²) in [7, 11) is -2.17. The number of aromatic nitrogens is 5. The molecular formula is C20H19N9O5S. The third-order valence-corrected chi connectivity index (χ3v) is 7.18. The predicted molar refractivity (Wildman–Crippen MR) is 119 cm³/mol. The lowest BCUT2D eigenvalue weighted by molar-refractivity contribution is -0.143. The molecule has 0 bridgehead atoms. The van der Waals surface area contributed by atoms with Crippen LogP contribution in [0.3, 0.4) is 0 Å². The summed E-state index contributed by atoms with van der Waals surface area (Å²) in [6.07, 6.45) is 3.00. The minimum Gasteiger partial charge on any atom is -0.335 e. The summed E-state index contributed by atoms with van der Waals surface area (Å²) in [5, 5.41) is 15.9. The first-order valence-electron chi connectivity index (χ1n) is 10.5. The first kappa shape index (κ1) is 22.5. The highest BCUT2D eigenvalue weighted by atomic mass is 32.2. The van der Waals surface area contributed by atoms with Gasteiger partial charge in [0.25, 0.3) is 5.91 Å². The van der Waals surface area contributed by atoms with Crippen LogP contribution < -0.4 is 5.32 Å². The van der Waals surface area contributed by atoms with Crippen molar-refractivity contribution in [3.63, 3.8) is 0 Å². The molecule has 0 saturated carbocycles. The van der Waals surface area contributed by atoms with Crippen molar-refractivity contribution in [1.29, 1.82) is 5.26 Å². The number of carbonyl (C=O) groups is 3. The Balaban J connectivity index is 1.51. The zero-order valence-electron chi connectivity index (χ0n) is 18.6. The fraction of sp³-hybridized carbons (Fsp3) is 0.350. The van der Waals surface area contributed by atoms with E-state index >= 15 is 0 Å². The Labute approximate surface area is 198 Å². The van der Waals surface area contributed by atoms with Crippen LogP contribution in [0.5, 0.6) is 0 Å². The number of aryl methyl sites for hydroxylation is 1. The number of hydrogen-bond acceptors (Lipinski definition) is 9. The molecule has 2 aliphatic rings. The molecule has 0 radical (unpaired) electrons. The van der Waals surface area contributed by atoms with E-state index in [2.05, 4.69) is 25.4 Å². The van der Waals surface area contributed by atoms with Gasteiger partial charge in [0.15, 0.2) is 20.5 Å². The summed E-state index contributed by atoms with van der Waals surface area (Å²) in [6, 6.07) is 1.83. The highest BCUT2D eigenvalue weighted by molar-refractivity contribution is 7.90. The van der Waals surface area contributed by atoms with Gasteiger partial charge >= 0.3 is 6.03 Å². The van der Waals surface area contributed by atoms with E-state index in [0.717, 1.165) is 11.2 Å². The zero-order chi connectivity index (χ0) is 25.1. The van der Waals surface area contributed by atoms with Gasteiger partial charge in [-0.1, -0.05) is 0 Å². The molecule has 35 heavy (non-hydrogen) atoms. The fourth-order valence-corrected chi connectivity index (χ4v) is 5.53. The van der Waals surface area contributed by atoms with Gasteiger partial charge in [0.1, 0.15) is 29.1 Å².